The van der Waals surface area contributed by atoms with E-state index in [0.29, 0.717) is 11.1 Å². The molecule has 2 aromatic carbocycles. The summed E-state index contributed by atoms with van der Waals surface area (Å²) in [7, 11) is 0. The second-order valence-electron chi connectivity index (χ2n) is 10.4. The number of anilines is 1. The number of allylic oxidation sites excluding steroid dienone is 2. The lowest BCUT2D eigenvalue weighted by Crippen LogP contribution is -2.60. The van der Waals surface area contributed by atoms with Crippen molar-refractivity contribution < 1.29 is 29.2 Å². The van der Waals surface area contributed by atoms with E-state index in [0.717, 1.165) is 9.80 Å². The van der Waals surface area contributed by atoms with Crippen LogP contribution in [-0.4, -0.2) is 53.8 Å². The van der Waals surface area contributed by atoms with Gasteiger partial charge in [-0.25, -0.2) is 0 Å². The molecule has 3 fully saturated rings. The number of imide groups is 2. The fraction of sp³-hybridized carbons (Fsp3) is 0.333. The number of hydrogen-bond donors (Lipinski definition) is 1. The van der Waals surface area contributed by atoms with Crippen LogP contribution in [0.4, 0.5) is 11.4 Å². The maximum atomic E-state index is 13.9. The predicted molar refractivity (Wildman–Crippen MR) is 147 cm³/mol. The van der Waals surface area contributed by atoms with Gasteiger partial charge in [0.2, 0.25) is 11.8 Å². The van der Waals surface area contributed by atoms with E-state index in [2.05, 4.69) is 15.9 Å². The van der Waals surface area contributed by atoms with Crippen LogP contribution in [0.1, 0.15) is 24.3 Å². The van der Waals surface area contributed by atoms with Gasteiger partial charge in [-0.2, -0.15) is 0 Å². The molecule has 6 atom stereocenters. The number of nitrogens with zero attached hydrogens (tertiary/aromatic N) is 3. The molecule has 0 aromatic heterocycles. The van der Waals surface area contributed by atoms with E-state index in [9.17, 15) is 34.4 Å². The Labute approximate surface area is 245 Å². The number of benzene rings is 2. The Morgan fingerprint density at radius 3 is 2.35 bits per heavy atom. The molecule has 6 rings (SSSR count). The summed E-state index contributed by atoms with van der Waals surface area (Å²) in [6, 6.07) is 11.3. The summed E-state index contributed by atoms with van der Waals surface area (Å²) in [6.45, 7) is 0. The number of likely N-dealkylation sites (tertiary alicyclic amines) is 1. The van der Waals surface area contributed by atoms with Crippen LogP contribution in [0.2, 0.25) is 0 Å². The van der Waals surface area contributed by atoms with Crippen LogP contribution in [0.25, 0.3) is 0 Å². The van der Waals surface area contributed by atoms with Crippen LogP contribution in [0, 0.1) is 27.9 Å². The van der Waals surface area contributed by atoms with Gasteiger partial charge >= 0.3 is 0 Å². The molecule has 1 saturated carbocycles. The Balaban J connectivity index is 1.48. The van der Waals surface area contributed by atoms with Crippen molar-refractivity contribution in [1.29, 1.82) is 0 Å². The molecular formula is C27H20BrCl2N3O7. The number of non-ortho nitro benzene ring substituents is 1. The molecule has 1 N–H and O–H groups in total. The largest absolute Gasteiger partial charge is 0.508 e. The van der Waals surface area contributed by atoms with E-state index in [4.69, 9.17) is 23.2 Å². The minimum atomic E-state index is -1.95. The van der Waals surface area contributed by atoms with Gasteiger partial charge in [-0.3, -0.25) is 39.1 Å². The number of nitro groups is 1. The van der Waals surface area contributed by atoms with Crippen molar-refractivity contribution in [2.24, 2.45) is 17.8 Å². The number of hydrogen-bond acceptors (Lipinski definition) is 7. The van der Waals surface area contributed by atoms with Gasteiger partial charge in [-0.15, -0.1) is 23.2 Å². The van der Waals surface area contributed by atoms with Gasteiger partial charge in [0, 0.05) is 18.1 Å². The first kappa shape index (κ1) is 26.9. The van der Waals surface area contributed by atoms with E-state index in [-0.39, 0.29) is 35.4 Å². The standard InChI is InChI=1S/C27H20BrCl2N3O7/c28-12-31-24(37)26(29)11-19-17(21(27(26,30)25(31)38)13-2-1-3-16(34)10-13)8-9-18-20(19)23(36)32(22(18)35)14-4-6-15(7-5-14)33(39)40/h1-8,10,18-21,34H,9,11-12H2/t18-,19+,20-,21-,26+,27-/m0/s1. The van der Waals surface area contributed by atoms with Crippen LogP contribution in [-0.2, 0) is 19.2 Å². The van der Waals surface area contributed by atoms with E-state index in [1.165, 1.54) is 36.4 Å². The van der Waals surface area contributed by atoms with Gasteiger partial charge in [0.15, 0.2) is 9.75 Å². The third-order valence-electron chi connectivity index (χ3n) is 8.54. The number of alkyl halides is 3. The Morgan fingerprint density at radius 2 is 1.73 bits per heavy atom. The van der Waals surface area contributed by atoms with Gasteiger partial charge in [0.25, 0.3) is 17.5 Å². The van der Waals surface area contributed by atoms with Gasteiger partial charge in [-0.1, -0.05) is 39.7 Å². The summed E-state index contributed by atoms with van der Waals surface area (Å²) in [5.74, 6) is -5.83. The molecule has 0 radical (unpaired) electrons. The lowest BCUT2D eigenvalue weighted by Gasteiger charge is -2.50. The lowest BCUT2D eigenvalue weighted by molar-refractivity contribution is -0.384. The number of carbonyl (C=O) groups excluding carboxylic acids is 4. The van der Waals surface area contributed by atoms with Crippen LogP contribution >= 0.6 is 39.1 Å². The van der Waals surface area contributed by atoms with E-state index >= 15 is 0 Å². The third kappa shape index (κ3) is 3.40. The van der Waals surface area contributed by atoms with Gasteiger partial charge in [-0.05, 0) is 48.6 Å². The molecule has 4 amide bonds. The molecule has 2 aliphatic carbocycles. The zero-order valence-electron chi connectivity index (χ0n) is 20.5. The smallest absolute Gasteiger partial charge is 0.269 e. The maximum absolute atomic E-state index is 13.9. The Bertz CT molecular complexity index is 1550. The number of halogens is 3. The zero-order chi connectivity index (χ0) is 28.7. The maximum Gasteiger partial charge on any atom is 0.269 e. The van der Waals surface area contributed by atoms with Crippen molar-refractivity contribution in [2.75, 3.05) is 10.4 Å². The zero-order valence-corrected chi connectivity index (χ0v) is 23.6. The van der Waals surface area contributed by atoms with Crippen LogP contribution in [0.3, 0.4) is 0 Å². The molecule has 0 bridgehead atoms. The molecule has 0 spiro atoms. The van der Waals surface area contributed by atoms with E-state index in [1.807, 2.05) is 0 Å². The van der Waals surface area contributed by atoms with E-state index in [1.54, 1.807) is 18.2 Å². The Morgan fingerprint density at radius 1 is 1.02 bits per heavy atom. The number of amides is 4. The van der Waals surface area contributed by atoms with E-state index < -0.39 is 62.0 Å². The number of nitro benzene ring substituents is 1. The number of aromatic hydroxyl groups is 1. The van der Waals surface area contributed by atoms with Crippen molar-refractivity contribution >= 4 is 74.1 Å². The monoisotopic (exact) mass is 647 g/mol. The first-order chi connectivity index (χ1) is 19.0. The summed E-state index contributed by atoms with van der Waals surface area (Å²) >= 11 is 17.4. The SMILES string of the molecule is O=C1[C@H]2[C@H](CC=C3[C@H]2C[C@@]2(Cl)C(=O)N(CBr)C(=O)[C@@]2(Cl)[C@H]3c2cccc(O)c2)C(=O)N1c1ccc([N+](=O)[O-])cc1. The van der Waals surface area contributed by atoms with Crippen LogP contribution in [0.5, 0.6) is 5.75 Å². The molecule has 4 aliphatic rings. The van der Waals surface area contributed by atoms with Crippen molar-refractivity contribution in [3.8, 4) is 5.75 Å². The summed E-state index contributed by atoms with van der Waals surface area (Å²) in [4.78, 5) is 63.4. The number of phenolic OH excluding ortho intramolecular Hbond substituents is 1. The summed E-state index contributed by atoms with van der Waals surface area (Å²) in [5.41, 5.74) is 0.912. The molecule has 206 valence electrons. The average molecular weight is 649 g/mol. The molecule has 2 saturated heterocycles. The molecule has 0 unspecified atom stereocenters. The molecule has 2 aromatic rings. The van der Waals surface area contributed by atoms with Crippen molar-refractivity contribution in [3.63, 3.8) is 0 Å². The number of phenols is 1. The minimum Gasteiger partial charge on any atom is -0.508 e. The third-order valence-corrected chi connectivity index (χ3v) is 10.5. The second kappa shape index (κ2) is 9.12. The van der Waals surface area contributed by atoms with Crippen LogP contribution in [0.15, 0.2) is 60.2 Å². The molecule has 2 aliphatic heterocycles. The highest BCUT2D eigenvalue weighted by molar-refractivity contribution is 9.09. The van der Waals surface area contributed by atoms with Gasteiger partial charge < -0.3 is 5.11 Å². The second-order valence-corrected chi connectivity index (χ2v) is 12.1. The number of rotatable bonds is 4. The molecular weight excluding hydrogens is 629 g/mol. The highest BCUT2D eigenvalue weighted by Gasteiger charge is 2.76. The van der Waals surface area contributed by atoms with Gasteiger partial charge in [0.05, 0.1) is 27.9 Å². The summed E-state index contributed by atoms with van der Waals surface area (Å²) < 4.78 is 0. The first-order valence-electron chi connectivity index (χ1n) is 12.4. The highest BCUT2D eigenvalue weighted by Crippen LogP contribution is 2.65. The first-order valence-corrected chi connectivity index (χ1v) is 14.2. The number of fused-ring (bicyclic) bond motifs is 4. The predicted octanol–water partition coefficient (Wildman–Crippen LogP) is 4.22. The fourth-order valence-electron chi connectivity index (χ4n) is 6.81. The molecule has 13 heteroatoms. The van der Waals surface area contributed by atoms with Gasteiger partial charge in [0.1, 0.15) is 5.75 Å². The number of carbonyl (C=O) groups is 4. The fourth-order valence-corrected chi connectivity index (χ4v) is 8.23. The van der Waals surface area contributed by atoms with Crippen molar-refractivity contribution in [3.05, 3.63) is 75.9 Å². The molecule has 10 nitrogen and oxygen atoms in total. The van der Waals surface area contributed by atoms with Crippen molar-refractivity contribution in [1.82, 2.24) is 4.90 Å². The van der Waals surface area contributed by atoms with Crippen molar-refractivity contribution in [2.45, 2.75) is 28.5 Å². The lowest BCUT2D eigenvalue weighted by atomic mass is 9.56. The minimum absolute atomic E-state index is 0.0834. The normalized spacial score (nSPS) is 33.0. The topological polar surface area (TPSA) is 138 Å². The quantitative estimate of drug-likeness (QED) is 0.131. The molecule has 40 heavy (non-hydrogen) atoms. The van der Waals surface area contributed by atoms with Crippen LogP contribution < -0.4 is 4.90 Å². The summed E-state index contributed by atoms with van der Waals surface area (Å²) in [5, 5.41) is 21.4. The molecule has 2 heterocycles. The highest BCUT2D eigenvalue weighted by atomic mass is 79.9. The average Bonchev–Trinajstić information content (AvgIpc) is 3.26. The Kier molecular flexibility index (Phi) is 6.14. The Hall–Kier alpha value is -3.28. The summed E-state index contributed by atoms with van der Waals surface area (Å²) in [6.07, 6.45) is 1.80.